The number of halogens is 1. The van der Waals surface area contributed by atoms with E-state index in [1.54, 1.807) is 61.7 Å². The van der Waals surface area contributed by atoms with Gasteiger partial charge in [-0.05, 0) is 48.4 Å². The summed E-state index contributed by atoms with van der Waals surface area (Å²) in [6.07, 6.45) is 3.79. The van der Waals surface area contributed by atoms with Gasteiger partial charge in [-0.3, -0.25) is 14.4 Å². The number of methoxy groups -OCH3 is 2. The molecule has 0 N–H and O–H groups in total. The highest BCUT2D eigenvalue weighted by Gasteiger charge is 2.71. The summed E-state index contributed by atoms with van der Waals surface area (Å²) in [7, 11) is 3.08. The van der Waals surface area contributed by atoms with E-state index in [2.05, 4.69) is 0 Å². The van der Waals surface area contributed by atoms with Gasteiger partial charge in [0.15, 0.2) is 28.8 Å². The highest BCUT2D eigenvalue weighted by Crippen LogP contribution is 2.61. The predicted molar refractivity (Wildman–Crippen MR) is 166 cm³/mol. The van der Waals surface area contributed by atoms with Gasteiger partial charge in [0.2, 0.25) is 0 Å². The molecule has 0 saturated carbocycles. The van der Waals surface area contributed by atoms with Crippen molar-refractivity contribution in [3.63, 3.8) is 0 Å². The van der Waals surface area contributed by atoms with Crippen LogP contribution in [0.5, 0.6) is 11.5 Å². The normalized spacial score (nSPS) is 21.0. The van der Waals surface area contributed by atoms with Crippen LogP contribution in [0.4, 0.5) is 5.69 Å². The zero-order chi connectivity index (χ0) is 30.0. The molecule has 4 aromatic carbocycles. The van der Waals surface area contributed by atoms with Gasteiger partial charge in [0.05, 0.1) is 20.3 Å². The molecule has 3 atom stereocenters. The molecule has 0 bridgehead atoms. The molecule has 43 heavy (non-hydrogen) atoms. The Morgan fingerprint density at radius 3 is 2.16 bits per heavy atom. The van der Waals surface area contributed by atoms with Crippen molar-refractivity contribution in [1.29, 1.82) is 0 Å². The van der Waals surface area contributed by atoms with Crippen molar-refractivity contribution in [2.75, 3.05) is 19.1 Å². The lowest BCUT2D eigenvalue weighted by atomic mass is 9.64. The zero-order valence-electron chi connectivity index (χ0n) is 23.8. The van der Waals surface area contributed by atoms with Crippen LogP contribution in [0.2, 0.25) is 5.02 Å². The van der Waals surface area contributed by atoms with Gasteiger partial charge in [-0.25, -0.2) is 0 Å². The number of carbonyl (C=O) groups is 3. The van der Waals surface area contributed by atoms with E-state index in [9.17, 15) is 14.4 Å². The van der Waals surface area contributed by atoms with Gasteiger partial charge in [-0.15, -0.1) is 0 Å². The van der Waals surface area contributed by atoms with Crippen LogP contribution in [0.15, 0.2) is 91.0 Å². The number of ketones is 3. The first kappa shape index (κ1) is 27.2. The maximum atomic E-state index is 14.8. The number of carbonyl (C=O) groups excluding carboxylic acids is 3. The summed E-state index contributed by atoms with van der Waals surface area (Å²) in [5, 5.41) is 0.550. The van der Waals surface area contributed by atoms with E-state index in [1.807, 2.05) is 54.3 Å². The number of ether oxygens (including phenoxy) is 2. The molecule has 7 heteroatoms. The van der Waals surface area contributed by atoms with E-state index in [0.717, 1.165) is 16.8 Å². The standard InChI is InChI=1S/C36H28ClNO5/c1-20-8-10-21(11-9-20)33(39)32-31(23-12-16-28(42-2)29(19-23)43-3)36(34(40)25-6-4-5-7-26(25)35(36)41)30-17-13-22-18-24(37)14-15-27(22)38(30)32/h4-19,30-32H,1-3H3. The van der Waals surface area contributed by atoms with Crippen LogP contribution in [0, 0.1) is 12.3 Å². The van der Waals surface area contributed by atoms with E-state index in [-0.39, 0.29) is 17.3 Å². The lowest BCUT2D eigenvalue weighted by Crippen LogP contribution is -2.48. The van der Waals surface area contributed by atoms with Gasteiger partial charge >= 0.3 is 0 Å². The molecule has 1 fully saturated rings. The predicted octanol–water partition coefficient (Wildman–Crippen LogP) is 6.98. The van der Waals surface area contributed by atoms with Crippen molar-refractivity contribution < 1.29 is 23.9 Å². The quantitative estimate of drug-likeness (QED) is 0.185. The van der Waals surface area contributed by atoms with Crippen LogP contribution in [-0.4, -0.2) is 43.7 Å². The van der Waals surface area contributed by atoms with Crippen molar-refractivity contribution in [2.24, 2.45) is 5.41 Å². The zero-order valence-corrected chi connectivity index (χ0v) is 24.6. The Kier molecular flexibility index (Phi) is 6.29. The number of nitrogens with zero attached hydrogens (tertiary/aromatic N) is 1. The molecule has 0 aromatic heterocycles. The Morgan fingerprint density at radius 2 is 1.51 bits per heavy atom. The van der Waals surface area contributed by atoms with Gasteiger partial charge in [-0.1, -0.05) is 83.9 Å². The van der Waals surface area contributed by atoms with E-state index < -0.39 is 23.4 Å². The van der Waals surface area contributed by atoms with E-state index in [1.165, 1.54) is 7.11 Å². The van der Waals surface area contributed by atoms with Crippen molar-refractivity contribution in [1.82, 2.24) is 0 Å². The highest BCUT2D eigenvalue weighted by molar-refractivity contribution is 6.32. The minimum Gasteiger partial charge on any atom is -0.493 e. The van der Waals surface area contributed by atoms with Gasteiger partial charge < -0.3 is 14.4 Å². The Hall–Kier alpha value is -4.68. The van der Waals surface area contributed by atoms with Crippen molar-refractivity contribution in [3.8, 4) is 11.5 Å². The van der Waals surface area contributed by atoms with Crippen LogP contribution in [0.3, 0.4) is 0 Å². The summed E-state index contributed by atoms with van der Waals surface area (Å²) < 4.78 is 11.2. The van der Waals surface area contributed by atoms with Crippen molar-refractivity contribution >= 4 is 40.7 Å². The summed E-state index contributed by atoms with van der Waals surface area (Å²) in [6, 6.07) is 23.6. The third-order valence-electron chi connectivity index (χ3n) is 9.14. The SMILES string of the molecule is COc1ccc(C2C(C(=O)c3ccc(C)cc3)N3c4ccc(Cl)cc4C=CC3C23C(=O)c2ccccc2C3=O)cc1OC. The van der Waals surface area contributed by atoms with Crippen molar-refractivity contribution in [3.05, 3.63) is 129 Å². The summed E-state index contributed by atoms with van der Waals surface area (Å²) in [5.74, 6) is -0.670. The van der Waals surface area contributed by atoms with Crippen molar-refractivity contribution in [2.45, 2.75) is 24.9 Å². The van der Waals surface area contributed by atoms with Crippen LogP contribution in [0.25, 0.3) is 6.08 Å². The third kappa shape index (κ3) is 3.76. The molecule has 4 aromatic rings. The molecule has 0 amide bonds. The first-order valence-corrected chi connectivity index (χ1v) is 14.5. The molecule has 6 nitrogen and oxygen atoms in total. The number of hydrogen-bond acceptors (Lipinski definition) is 6. The lowest BCUT2D eigenvalue weighted by molar-refractivity contribution is 0.0665. The average molecular weight is 590 g/mol. The topological polar surface area (TPSA) is 72.9 Å². The molecular weight excluding hydrogens is 562 g/mol. The average Bonchev–Trinajstić information content (AvgIpc) is 3.46. The summed E-state index contributed by atoms with van der Waals surface area (Å²) in [4.78, 5) is 46.4. The van der Waals surface area contributed by atoms with Gasteiger partial charge in [0.25, 0.3) is 0 Å². The second-order valence-electron chi connectivity index (χ2n) is 11.3. The van der Waals surface area contributed by atoms with Gasteiger partial charge in [0, 0.05) is 33.3 Å². The number of Topliss-reactive ketones (excluding diaryl/α,β-unsaturated/α-hetero) is 3. The molecule has 1 aliphatic carbocycles. The molecule has 3 aliphatic rings. The smallest absolute Gasteiger partial charge is 0.185 e. The number of rotatable bonds is 5. The lowest BCUT2D eigenvalue weighted by Gasteiger charge is -2.37. The fraction of sp³-hybridized carbons (Fsp3) is 0.194. The molecular formula is C36H28ClNO5. The number of anilines is 1. The summed E-state index contributed by atoms with van der Waals surface area (Å²) in [6.45, 7) is 1.96. The Morgan fingerprint density at radius 1 is 0.837 bits per heavy atom. The second-order valence-corrected chi connectivity index (χ2v) is 11.7. The highest BCUT2D eigenvalue weighted by atomic mass is 35.5. The molecule has 2 heterocycles. The summed E-state index contributed by atoms with van der Waals surface area (Å²) >= 11 is 6.39. The van der Waals surface area contributed by atoms with Crippen LogP contribution >= 0.6 is 11.6 Å². The molecule has 2 aliphatic heterocycles. The Bertz CT molecular complexity index is 1830. The fourth-order valence-electron chi connectivity index (χ4n) is 7.26. The first-order chi connectivity index (χ1) is 20.8. The Labute approximate surface area is 254 Å². The monoisotopic (exact) mass is 589 g/mol. The van der Waals surface area contributed by atoms with Crippen LogP contribution in [-0.2, 0) is 0 Å². The summed E-state index contributed by atoms with van der Waals surface area (Å²) in [5.41, 5.74) is 2.83. The number of fused-ring (bicyclic) bond motifs is 5. The van der Waals surface area contributed by atoms with E-state index in [4.69, 9.17) is 21.1 Å². The number of aryl methyl sites for hydroxylation is 1. The van der Waals surface area contributed by atoms with Gasteiger partial charge in [0.1, 0.15) is 11.5 Å². The largest absolute Gasteiger partial charge is 0.493 e. The fourth-order valence-corrected chi connectivity index (χ4v) is 7.44. The minimum absolute atomic E-state index is 0.186. The maximum absolute atomic E-state index is 14.8. The van der Waals surface area contributed by atoms with Crippen LogP contribution in [0.1, 0.15) is 53.7 Å². The Balaban J connectivity index is 1.55. The van der Waals surface area contributed by atoms with E-state index >= 15 is 0 Å². The molecule has 1 saturated heterocycles. The molecule has 0 radical (unpaired) electrons. The van der Waals surface area contributed by atoms with E-state index in [0.29, 0.717) is 38.8 Å². The molecule has 1 spiro atoms. The third-order valence-corrected chi connectivity index (χ3v) is 9.37. The first-order valence-electron chi connectivity index (χ1n) is 14.1. The maximum Gasteiger partial charge on any atom is 0.185 e. The molecule has 214 valence electrons. The number of hydrogen-bond donors (Lipinski definition) is 0. The second kappa shape index (κ2) is 9.96. The number of benzene rings is 4. The molecule has 7 rings (SSSR count). The van der Waals surface area contributed by atoms with Crippen LogP contribution < -0.4 is 14.4 Å². The molecule has 3 unspecified atom stereocenters. The minimum atomic E-state index is -1.61. The van der Waals surface area contributed by atoms with Gasteiger partial charge in [-0.2, -0.15) is 0 Å².